The van der Waals surface area contributed by atoms with Crippen molar-refractivity contribution in [2.24, 2.45) is 7.05 Å². The molecule has 33 heavy (non-hydrogen) atoms. The van der Waals surface area contributed by atoms with Crippen LogP contribution in [0.4, 0.5) is 16.0 Å². The molecule has 1 amide bonds. The zero-order chi connectivity index (χ0) is 23.1. The van der Waals surface area contributed by atoms with Crippen LogP contribution in [-0.2, 0) is 7.05 Å². The van der Waals surface area contributed by atoms with Crippen molar-refractivity contribution in [3.63, 3.8) is 0 Å². The van der Waals surface area contributed by atoms with Crippen LogP contribution in [0, 0.1) is 5.82 Å². The van der Waals surface area contributed by atoms with E-state index in [9.17, 15) is 19.1 Å². The predicted octanol–water partition coefficient (Wildman–Crippen LogP) is 2.26. The number of anilines is 2. The largest absolute Gasteiger partial charge is 0.506 e. The average molecular weight is 449 g/mol. The van der Waals surface area contributed by atoms with E-state index in [2.05, 4.69) is 20.4 Å². The first-order valence-corrected chi connectivity index (χ1v) is 10.3. The van der Waals surface area contributed by atoms with Crippen molar-refractivity contribution >= 4 is 23.2 Å². The van der Waals surface area contributed by atoms with Gasteiger partial charge in [0.1, 0.15) is 28.8 Å². The average Bonchev–Trinajstić information content (AvgIpc) is 3.44. The molecule has 0 saturated carbocycles. The Kier molecular flexibility index (Phi) is 5.00. The fourth-order valence-corrected chi connectivity index (χ4v) is 4.12. The second kappa shape index (κ2) is 8.01. The number of halogens is 1. The zero-order valence-electron chi connectivity index (χ0n) is 17.6. The van der Waals surface area contributed by atoms with E-state index in [1.165, 1.54) is 46.7 Å². The number of nitrogens with one attached hydrogen (secondary N) is 1. The number of aryl methyl sites for hydroxylation is 1. The molecule has 0 aliphatic carbocycles. The highest BCUT2D eigenvalue weighted by Gasteiger charge is 2.30. The van der Waals surface area contributed by atoms with Gasteiger partial charge in [-0.15, -0.1) is 0 Å². The number of nitrogens with zero attached hydrogens (tertiary/aromatic N) is 6. The van der Waals surface area contributed by atoms with Crippen molar-refractivity contribution in [2.75, 3.05) is 16.8 Å². The van der Waals surface area contributed by atoms with Crippen molar-refractivity contribution in [3.05, 3.63) is 76.4 Å². The minimum absolute atomic E-state index is 0.0106. The third kappa shape index (κ3) is 3.77. The summed E-state index contributed by atoms with van der Waals surface area (Å²) in [6.45, 7) is 0.639. The van der Waals surface area contributed by atoms with Crippen LogP contribution in [-0.4, -0.2) is 41.7 Å². The SMILES string of the molecule is Cn1cc(F)cc([C@H]2CCCN2c2ccn3ncc(C(=O)Nc4ccc(O)cn4)c3n2)c1=O. The molecule has 0 radical (unpaired) electrons. The molecule has 11 heteroatoms. The summed E-state index contributed by atoms with van der Waals surface area (Å²) in [5.74, 6) is -0.100. The molecule has 5 rings (SSSR count). The van der Waals surface area contributed by atoms with Gasteiger partial charge in [0.15, 0.2) is 5.65 Å². The van der Waals surface area contributed by atoms with Crippen molar-refractivity contribution in [2.45, 2.75) is 18.9 Å². The highest BCUT2D eigenvalue weighted by Crippen LogP contribution is 2.34. The summed E-state index contributed by atoms with van der Waals surface area (Å²) in [4.78, 5) is 36.0. The van der Waals surface area contributed by atoms with Gasteiger partial charge in [-0.2, -0.15) is 5.10 Å². The predicted molar refractivity (Wildman–Crippen MR) is 118 cm³/mol. The van der Waals surface area contributed by atoms with Crippen molar-refractivity contribution in [3.8, 4) is 5.75 Å². The molecule has 5 heterocycles. The van der Waals surface area contributed by atoms with E-state index >= 15 is 0 Å². The van der Waals surface area contributed by atoms with E-state index in [-0.39, 0.29) is 28.7 Å². The van der Waals surface area contributed by atoms with Crippen LogP contribution in [0.15, 0.2) is 53.8 Å². The van der Waals surface area contributed by atoms with Crippen LogP contribution in [0.3, 0.4) is 0 Å². The van der Waals surface area contributed by atoms with Crippen LogP contribution < -0.4 is 15.8 Å². The van der Waals surface area contributed by atoms with Gasteiger partial charge in [-0.3, -0.25) is 9.59 Å². The molecule has 0 bridgehead atoms. The summed E-state index contributed by atoms with van der Waals surface area (Å²) in [6.07, 6.45) is 6.99. The molecule has 2 N–H and O–H groups in total. The number of carbonyl (C=O) groups excluding carboxylic acids is 1. The van der Waals surface area contributed by atoms with Crippen LogP contribution in [0.1, 0.15) is 34.8 Å². The van der Waals surface area contributed by atoms with Gasteiger partial charge >= 0.3 is 0 Å². The fraction of sp³-hybridized carbons (Fsp3) is 0.227. The number of rotatable bonds is 4. The molecule has 168 valence electrons. The van der Waals surface area contributed by atoms with Gasteiger partial charge in [0.2, 0.25) is 0 Å². The van der Waals surface area contributed by atoms with Gasteiger partial charge in [-0.1, -0.05) is 0 Å². The molecule has 1 saturated heterocycles. The third-order valence-corrected chi connectivity index (χ3v) is 5.67. The molecule has 4 aromatic heterocycles. The number of aromatic nitrogens is 5. The van der Waals surface area contributed by atoms with Crippen molar-refractivity contribution in [1.29, 1.82) is 0 Å². The molecule has 1 aliphatic heterocycles. The van der Waals surface area contributed by atoms with Gasteiger partial charge in [-0.05, 0) is 37.1 Å². The Hall–Kier alpha value is -4.28. The lowest BCUT2D eigenvalue weighted by atomic mass is 10.1. The van der Waals surface area contributed by atoms with E-state index in [4.69, 9.17) is 0 Å². The number of amides is 1. The Labute approximate surface area is 186 Å². The number of hydrogen-bond donors (Lipinski definition) is 2. The first kappa shape index (κ1) is 20.6. The Morgan fingerprint density at radius 1 is 1.27 bits per heavy atom. The van der Waals surface area contributed by atoms with Gasteiger partial charge < -0.3 is 19.9 Å². The smallest absolute Gasteiger partial charge is 0.262 e. The first-order chi connectivity index (χ1) is 15.9. The molecule has 0 aromatic carbocycles. The molecule has 1 atom stereocenters. The number of pyridine rings is 2. The number of fused-ring (bicyclic) bond motifs is 1. The van der Waals surface area contributed by atoms with Gasteiger partial charge in [0, 0.05) is 31.5 Å². The Balaban J connectivity index is 1.49. The molecule has 4 aromatic rings. The maximum atomic E-state index is 14.0. The standard InChI is InChI=1S/C22H20FN7O3/c1-28-12-13(23)9-15(22(28)33)17-3-2-7-29(17)19-6-8-30-20(27-19)16(11-25-30)21(32)26-18-5-4-14(31)10-24-18/h4-6,8-12,17,31H,2-3,7H2,1H3,(H,24,26,32)/t17-/m1/s1. The third-order valence-electron chi connectivity index (χ3n) is 5.67. The summed E-state index contributed by atoms with van der Waals surface area (Å²) in [7, 11) is 1.53. The lowest BCUT2D eigenvalue weighted by Crippen LogP contribution is -2.31. The molecule has 10 nitrogen and oxygen atoms in total. The molecule has 0 unspecified atom stereocenters. The fourth-order valence-electron chi connectivity index (χ4n) is 4.12. The van der Waals surface area contributed by atoms with Crippen molar-refractivity contribution in [1.82, 2.24) is 24.1 Å². The lowest BCUT2D eigenvalue weighted by molar-refractivity contribution is 0.102. The highest BCUT2D eigenvalue weighted by atomic mass is 19.1. The summed E-state index contributed by atoms with van der Waals surface area (Å²) in [5.41, 5.74) is 0.701. The second-order valence-corrected chi connectivity index (χ2v) is 7.85. The minimum Gasteiger partial charge on any atom is -0.506 e. The molecule has 1 fully saturated rings. The molecular weight excluding hydrogens is 429 g/mol. The first-order valence-electron chi connectivity index (χ1n) is 10.3. The van der Waals surface area contributed by atoms with Crippen LogP contribution in [0.2, 0.25) is 0 Å². The maximum Gasteiger partial charge on any atom is 0.262 e. The Bertz CT molecular complexity index is 1410. The highest BCUT2D eigenvalue weighted by molar-refractivity contribution is 6.07. The van der Waals surface area contributed by atoms with Crippen molar-refractivity contribution < 1.29 is 14.3 Å². The normalized spacial score (nSPS) is 15.8. The van der Waals surface area contributed by atoms with Gasteiger partial charge in [0.05, 0.1) is 18.4 Å². The second-order valence-electron chi connectivity index (χ2n) is 7.85. The van der Waals surface area contributed by atoms with Crippen LogP contribution in [0.5, 0.6) is 5.75 Å². The van der Waals surface area contributed by atoms with E-state index in [0.717, 1.165) is 12.6 Å². The van der Waals surface area contributed by atoms with E-state index < -0.39 is 11.7 Å². The zero-order valence-corrected chi connectivity index (χ0v) is 17.6. The van der Waals surface area contributed by atoms with Crippen LogP contribution >= 0.6 is 0 Å². The van der Waals surface area contributed by atoms with Crippen LogP contribution in [0.25, 0.3) is 5.65 Å². The van der Waals surface area contributed by atoms with E-state index in [0.29, 0.717) is 30.0 Å². The molecule has 1 aliphatic rings. The summed E-state index contributed by atoms with van der Waals surface area (Å²) < 4.78 is 16.8. The number of aromatic hydroxyl groups is 1. The van der Waals surface area contributed by atoms with E-state index in [1.807, 2.05) is 4.90 Å². The molecular formula is C22H20FN7O3. The molecule has 0 spiro atoms. The van der Waals surface area contributed by atoms with E-state index in [1.54, 1.807) is 12.3 Å². The maximum absolute atomic E-state index is 14.0. The summed E-state index contributed by atoms with van der Waals surface area (Å²) in [6, 6.07) is 5.61. The lowest BCUT2D eigenvalue weighted by Gasteiger charge is -2.26. The Morgan fingerprint density at radius 2 is 2.12 bits per heavy atom. The Morgan fingerprint density at radius 3 is 2.91 bits per heavy atom. The monoisotopic (exact) mass is 449 g/mol. The topological polar surface area (TPSA) is 118 Å². The minimum atomic E-state index is -0.472. The summed E-state index contributed by atoms with van der Waals surface area (Å²) >= 11 is 0. The quantitative estimate of drug-likeness (QED) is 0.491. The summed E-state index contributed by atoms with van der Waals surface area (Å²) in [5, 5.41) is 16.2. The number of carbonyl (C=O) groups is 1. The van der Waals surface area contributed by atoms with Gasteiger partial charge in [-0.25, -0.2) is 18.9 Å². The van der Waals surface area contributed by atoms with Gasteiger partial charge in [0.25, 0.3) is 11.5 Å². The number of hydrogen-bond acceptors (Lipinski definition) is 7.